The molecule has 0 saturated heterocycles. The molecule has 15 nitrogen and oxygen atoms in total. The number of nitro groups is 2. The van der Waals surface area contributed by atoms with E-state index in [1.807, 2.05) is 0 Å². The van der Waals surface area contributed by atoms with Crippen molar-refractivity contribution >= 4 is 78.6 Å². The molecule has 2 heterocycles. The quantitative estimate of drug-likeness (QED) is 0.0806. The molecule has 0 aliphatic carbocycles. The number of aromatic carboxylic acids is 2. The van der Waals surface area contributed by atoms with Crippen LogP contribution in [-0.4, -0.2) is 53.9 Å². The first kappa shape index (κ1) is 28.2. The molecule has 0 spiro atoms. The van der Waals surface area contributed by atoms with Gasteiger partial charge in [-0.1, -0.05) is 24.3 Å². The van der Waals surface area contributed by atoms with Crippen molar-refractivity contribution in [1.82, 2.24) is 9.97 Å². The number of esters is 2. The molecule has 2 N–H and O–H groups in total. The molecule has 0 fully saturated rings. The first-order valence-corrected chi connectivity index (χ1v) is 12.7. The highest BCUT2D eigenvalue weighted by molar-refractivity contribution is 6.24. The summed E-state index contributed by atoms with van der Waals surface area (Å²) in [6.07, 6.45) is 1.96. The van der Waals surface area contributed by atoms with Crippen LogP contribution in [0.25, 0.3) is 43.4 Å². The number of carboxylic acids is 2. The van der Waals surface area contributed by atoms with Gasteiger partial charge in [0.15, 0.2) is 0 Å². The molecule has 15 heteroatoms. The van der Waals surface area contributed by atoms with E-state index in [1.165, 1.54) is 36.4 Å². The Morgan fingerprint density at radius 1 is 0.622 bits per heavy atom. The van der Waals surface area contributed by atoms with E-state index in [-0.39, 0.29) is 65.9 Å². The van der Waals surface area contributed by atoms with Crippen molar-refractivity contribution in [3.05, 3.63) is 116 Å². The van der Waals surface area contributed by atoms with Crippen molar-refractivity contribution in [2.45, 2.75) is 0 Å². The minimum atomic E-state index is -1.47. The smallest absolute Gasteiger partial charge is 0.346 e. The Morgan fingerprint density at radius 2 is 1.02 bits per heavy atom. The summed E-state index contributed by atoms with van der Waals surface area (Å²) in [4.78, 5) is 80.6. The zero-order chi connectivity index (χ0) is 32.2. The summed E-state index contributed by atoms with van der Waals surface area (Å²) < 4.78 is 5.15. The Hall–Kier alpha value is -6.90. The fraction of sp³-hybridized carbons (Fsp3) is 0. The monoisotopic (exact) mass is 606 g/mol. The summed E-state index contributed by atoms with van der Waals surface area (Å²) in [7, 11) is 0. The van der Waals surface area contributed by atoms with Crippen LogP contribution in [0.3, 0.4) is 0 Å². The Kier molecular flexibility index (Phi) is 6.54. The van der Waals surface area contributed by atoms with Crippen LogP contribution in [-0.2, 0) is 4.74 Å². The molecule has 220 valence electrons. The molecule has 0 atom stereocenters. The van der Waals surface area contributed by atoms with Gasteiger partial charge >= 0.3 is 23.9 Å². The number of rotatable bonds is 6. The van der Waals surface area contributed by atoms with Crippen molar-refractivity contribution in [3.63, 3.8) is 0 Å². The predicted octanol–water partition coefficient (Wildman–Crippen LogP) is 5.30. The van der Waals surface area contributed by atoms with Crippen LogP contribution in [0.15, 0.2) is 73.1 Å². The molecular formula is C30H14N4O11. The van der Waals surface area contributed by atoms with Crippen molar-refractivity contribution in [2.75, 3.05) is 0 Å². The maximum absolute atomic E-state index is 13.4. The van der Waals surface area contributed by atoms with Crippen molar-refractivity contribution in [3.8, 4) is 0 Å². The van der Waals surface area contributed by atoms with E-state index in [9.17, 15) is 49.6 Å². The lowest BCUT2D eigenvalue weighted by molar-refractivity contribution is -0.385. The molecule has 0 bridgehead atoms. The number of pyridine rings is 2. The molecule has 0 saturated carbocycles. The van der Waals surface area contributed by atoms with E-state index in [1.54, 1.807) is 0 Å². The van der Waals surface area contributed by atoms with E-state index >= 15 is 0 Å². The van der Waals surface area contributed by atoms with Crippen LogP contribution in [0.2, 0.25) is 0 Å². The van der Waals surface area contributed by atoms with Crippen LogP contribution in [0.4, 0.5) is 11.4 Å². The number of fused-ring (bicyclic) bond motifs is 6. The zero-order valence-electron chi connectivity index (χ0n) is 22.3. The van der Waals surface area contributed by atoms with Crippen LogP contribution in [0, 0.1) is 20.2 Å². The van der Waals surface area contributed by atoms with E-state index in [0.717, 1.165) is 36.7 Å². The first-order chi connectivity index (χ1) is 21.5. The minimum absolute atomic E-state index is 0.124. The molecular weight excluding hydrogens is 592 g/mol. The van der Waals surface area contributed by atoms with E-state index < -0.39 is 44.9 Å². The molecule has 4 aromatic carbocycles. The molecule has 0 amide bonds. The number of ether oxygens (including phenoxy) is 1. The van der Waals surface area contributed by atoms with Crippen LogP contribution < -0.4 is 0 Å². The number of carboxylic acid groups (broad SMARTS) is 2. The third-order valence-corrected chi connectivity index (χ3v) is 7.09. The van der Waals surface area contributed by atoms with Gasteiger partial charge in [-0.2, -0.15) is 0 Å². The van der Waals surface area contributed by atoms with Crippen molar-refractivity contribution in [2.24, 2.45) is 0 Å². The molecule has 2 aromatic heterocycles. The standard InChI is InChI=1S/C30H14N4O11/c35-27(36)21-9-13-7-15(33(41)42)11-31-25(13)17-3-1-5-19(23(17)21)29(39)45-30(40)20-6-2-4-18-24(20)22(28(37)38)10-14-8-16(34(43)44)12-32-26(14)18/h1-12H,(H,35,36)(H,37,38). The second kappa shape index (κ2) is 10.4. The Labute approximate surface area is 248 Å². The van der Waals surface area contributed by atoms with Crippen LogP contribution in [0.5, 0.6) is 0 Å². The number of nitrogens with zero attached hydrogens (tertiary/aromatic N) is 4. The van der Waals surface area contributed by atoms with Gasteiger partial charge in [0.25, 0.3) is 11.4 Å². The molecule has 6 rings (SSSR count). The molecule has 6 aromatic rings. The average Bonchev–Trinajstić information content (AvgIpc) is 3.02. The lowest BCUT2D eigenvalue weighted by Gasteiger charge is -2.13. The normalized spacial score (nSPS) is 11.1. The average molecular weight is 606 g/mol. The van der Waals surface area contributed by atoms with Gasteiger partial charge in [0.1, 0.15) is 12.4 Å². The number of hydrogen-bond donors (Lipinski definition) is 2. The highest BCUT2D eigenvalue weighted by Crippen LogP contribution is 2.34. The zero-order valence-corrected chi connectivity index (χ0v) is 22.3. The van der Waals surface area contributed by atoms with Crippen LogP contribution >= 0.6 is 0 Å². The SMILES string of the molecule is O=C(O)c1cc2cc([N+](=O)[O-])cnc2c2cccc(C(=O)OC(=O)c3cccc4c3c(C(=O)O)cc3cc([N+](=O)[O-])cnc34)c12. The lowest BCUT2D eigenvalue weighted by atomic mass is 9.95. The Morgan fingerprint density at radius 3 is 1.38 bits per heavy atom. The fourth-order valence-electron chi connectivity index (χ4n) is 5.22. The summed E-state index contributed by atoms with van der Waals surface area (Å²) in [6, 6.07) is 12.6. The van der Waals surface area contributed by atoms with Gasteiger partial charge in [-0.3, -0.25) is 20.2 Å². The van der Waals surface area contributed by atoms with E-state index in [4.69, 9.17) is 4.74 Å². The van der Waals surface area contributed by atoms with Crippen molar-refractivity contribution < 1.29 is 44.0 Å². The topological polar surface area (TPSA) is 230 Å². The van der Waals surface area contributed by atoms with Crippen LogP contribution in [0.1, 0.15) is 41.4 Å². The molecule has 0 unspecified atom stereocenters. The van der Waals surface area contributed by atoms with Gasteiger partial charge < -0.3 is 14.9 Å². The highest BCUT2D eigenvalue weighted by Gasteiger charge is 2.26. The predicted molar refractivity (Wildman–Crippen MR) is 155 cm³/mol. The van der Waals surface area contributed by atoms with Gasteiger partial charge in [-0.05, 0) is 24.3 Å². The van der Waals surface area contributed by atoms with Gasteiger partial charge in [0.2, 0.25) is 0 Å². The lowest BCUT2D eigenvalue weighted by Crippen LogP contribution is -2.15. The second-order valence-electron chi connectivity index (χ2n) is 9.64. The first-order valence-electron chi connectivity index (χ1n) is 12.7. The highest BCUT2D eigenvalue weighted by atomic mass is 16.6. The summed E-state index contributed by atoms with van der Waals surface area (Å²) >= 11 is 0. The van der Waals surface area contributed by atoms with Crippen molar-refractivity contribution in [1.29, 1.82) is 0 Å². The maximum atomic E-state index is 13.4. The van der Waals surface area contributed by atoms with Gasteiger partial charge in [-0.15, -0.1) is 0 Å². The van der Waals surface area contributed by atoms with Gasteiger partial charge in [0, 0.05) is 44.5 Å². The second-order valence-corrected chi connectivity index (χ2v) is 9.64. The van der Waals surface area contributed by atoms with E-state index in [2.05, 4.69) is 9.97 Å². The number of aromatic nitrogens is 2. The summed E-state index contributed by atoms with van der Waals surface area (Å²) in [5, 5.41) is 42.6. The maximum Gasteiger partial charge on any atom is 0.346 e. The Bertz CT molecular complexity index is 2200. The van der Waals surface area contributed by atoms with Gasteiger partial charge in [0.05, 0.1) is 43.1 Å². The summed E-state index contributed by atoms with van der Waals surface area (Å²) in [5.41, 5.74) is -1.94. The number of carbonyl (C=O) groups is 4. The largest absolute Gasteiger partial charge is 0.478 e. The molecule has 45 heavy (non-hydrogen) atoms. The number of carbonyl (C=O) groups excluding carboxylic acids is 2. The summed E-state index contributed by atoms with van der Waals surface area (Å²) in [5.74, 6) is -5.48. The number of hydrogen-bond acceptors (Lipinski definition) is 11. The number of benzene rings is 4. The third kappa shape index (κ3) is 4.65. The van der Waals surface area contributed by atoms with E-state index in [0.29, 0.717) is 0 Å². The molecule has 0 radical (unpaired) electrons. The molecule has 0 aliphatic rings. The van der Waals surface area contributed by atoms with Gasteiger partial charge in [-0.25, -0.2) is 29.1 Å². The molecule has 0 aliphatic heterocycles. The third-order valence-electron chi connectivity index (χ3n) is 7.09. The minimum Gasteiger partial charge on any atom is -0.478 e. The Balaban J connectivity index is 1.49. The summed E-state index contributed by atoms with van der Waals surface area (Å²) in [6.45, 7) is 0. The fourth-order valence-corrected chi connectivity index (χ4v) is 5.22.